The Kier molecular flexibility index (Phi) is 7.69. The number of benzene rings is 1. The number of aryl methyl sites for hydroxylation is 2. The Morgan fingerprint density at radius 2 is 1.83 bits per heavy atom. The summed E-state index contributed by atoms with van der Waals surface area (Å²) in [5.74, 6) is -0.509. The lowest BCUT2D eigenvalue weighted by molar-refractivity contribution is 0.101. The van der Waals surface area contributed by atoms with E-state index >= 15 is 0 Å². The Morgan fingerprint density at radius 1 is 1.14 bits per heavy atom. The van der Waals surface area contributed by atoms with Crippen LogP contribution in [0.1, 0.15) is 49.7 Å². The van der Waals surface area contributed by atoms with Gasteiger partial charge in [-0.3, -0.25) is 9.59 Å². The normalized spacial score (nSPS) is 11.6. The van der Waals surface area contributed by atoms with Gasteiger partial charge in [-0.15, -0.1) is 0 Å². The number of hydrogen-bond donors (Lipinski definition) is 1. The van der Waals surface area contributed by atoms with Gasteiger partial charge in [-0.2, -0.15) is 9.40 Å². The maximum atomic E-state index is 12.9. The Balaban J connectivity index is 2.31. The van der Waals surface area contributed by atoms with Crippen LogP contribution in [0, 0.1) is 6.92 Å². The van der Waals surface area contributed by atoms with Crippen molar-refractivity contribution >= 4 is 21.6 Å². The summed E-state index contributed by atoms with van der Waals surface area (Å²) in [5.41, 5.74) is 0.771. The highest BCUT2D eigenvalue weighted by molar-refractivity contribution is 7.89. The molecule has 1 heterocycles. The molecule has 0 fully saturated rings. The van der Waals surface area contributed by atoms with Crippen LogP contribution in [-0.4, -0.2) is 41.5 Å². The number of nitrogens with one attached hydrogen (secondary N) is 1. The molecule has 0 saturated heterocycles. The third-order valence-corrected chi connectivity index (χ3v) is 6.78. The summed E-state index contributed by atoms with van der Waals surface area (Å²) < 4.78 is 28.4. The average Bonchev–Trinajstić information content (AvgIpc) is 2.69. The quantitative estimate of drug-likeness (QED) is 0.672. The van der Waals surface area contributed by atoms with E-state index in [1.807, 2.05) is 6.92 Å². The largest absolute Gasteiger partial charge is 0.321 e. The lowest BCUT2D eigenvalue weighted by Gasteiger charge is -2.20. The first-order valence-corrected chi connectivity index (χ1v) is 11.2. The maximum absolute atomic E-state index is 12.9. The van der Waals surface area contributed by atoms with Crippen LogP contribution in [0.15, 0.2) is 40.0 Å². The van der Waals surface area contributed by atoms with Crippen LogP contribution in [0.2, 0.25) is 0 Å². The van der Waals surface area contributed by atoms with E-state index in [0.717, 1.165) is 12.8 Å². The predicted molar refractivity (Wildman–Crippen MR) is 113 cm³/mol. The van der Waals surface area contributed by atoms with Crippen LogP contribution in [0.3, 0.4) is 0 Å². The number of sulfonamides is 1. The molecular formula is C20H28N4O4S. The van der Waals surface area contributed by atoms with Crippen molar-refractivity contribution in [1.82, 2.24) is 14.1 Å². The summed E-state index contributed by atoms with van der Waals surface area (Å²) in [6, 6.07) is 7.42. The Hall–Kier alpha value is -2.52. The number of nitrogens with zero attached hydrogens (tertiary/aromatic N) is 3. The number of carbonyl (C=O) groups is 1. The fourth-order valence-corrected chi connectivity index (χ4v) is 4.60. The van der Waals surface area contributed by atoms with Gasteiger partial charge in [-0.1, -0.05) is 33.3 Å². The highest BCUT2D eigenvalue weighted by Crippen LogP contribution is 2.24. The summed E-state index contributed by atoms with van der Waals surface area (Å²) in [5, 5.41) is 6.79. The lowest BCUT2D eigenvalue weighted by atomic mass is 10.2. The lowest BCUT2D eigenvalue weighted by Crippen LogP contribution is -2.31. The first kappa shape index (κ1) is 22.8. The van der Waals surface area contributed by atoms with Gasteiger partial charge in [0.25, 0.3) is 11.5 Å². The molecule has 0 saturated carbocycles. The molecular weight excluding hydrogens is 392 g/mol. The molecule has 1 aromatic heterocycles. The molecule has 0 aliphatic rings. The minimum Gasteiger partial charge on any atom is -0.321 e. The molecule has 9 heteroatoms. The molecule has 0 spiro atoms. The van der Waals surface area contributed by atoms with Crippen molar-refractivity contribution in [2.24, 2.45) is 0 Å². The van der Waals surface area contributed by atoms with Gasteiger partial charge in [-0.25, -0.2) is 13.1 Å². The van der Waals surface area contributed by atoms with Crippen molar-refractivity contribution in [2.45, 2.75) is 52.0 Å². The fraction of sp³-hybridized carbons (Fsp3) is 0.450. The zero-order valence-electron chi connectivity index (χ0n) is 17.3. The van der Waals surface area contributed by atoms with Gasteiger partial charge in [0, 0.05) is 31.4 Å². The van der Waals surface area contributed by atoms with E-state index in [4.69, 9.17) is 0 Å². The molecule has 1 amide bonds. The summed E-state index contributed by atoms with van der Waals surface area (Å²) in [4.78, 5) is 24.6. The number of hydrogen-bond acceptors (Lipinski definition) is 5. The van der Waals surface area contributed by atoms with Gasteiger partial charge in [0.05, 0.1) is 4.90 Å². The van der Waals surface area contributed by atoms with Gasteiger partial charge >= 0.3 is 0 Å². The van der Waals surface area contributed by atoms with Gasteiger partial charge in [-0.05, 0) is 37.1 Å². The zero-order chi connectivity index (χ0) is 21.6. The summed E-state index contributed by atoms with van der Waals surface area (Å²) in [6.07, 6.45) is 1.68. The Morgan fingerprint density at radius 3 is 2.45 bits per heavy atom. The number of aromatic nitrogens is 2. The minimum atomic E-state index is -3.66. The van der Waals surface area contributed by atoms with Crippen LogP contribution in [0.5, 0.6) is 0 Å². The number of rotatable bonds is 9. The topological polar surface area (TPSA) is 101 Å². The predicted octanol–water partition coefficient (Wildman–Crippen LogP) is 2.63. The number of anilines is 1. The van der Waals surface area contributed by atoms with Crippen molar-refractivity contribution in [2.75, 3.05) is 18.4 Å². The van der Waals surface area contributed by atoms with Gasteiger partial charge in [0.2, 0.25) is 10.0 Å². The Bertz CT molecular complexity index is 1030. The van der Waals surface area contributed by atoms with Crippen LogP contribution in [-0.2, 0) is 16.6 Å². The van der Waals surface area contributed by atoms with Crippen molar-refractivity contribution in [3.63, 3.8) is 0 Å². The number of carbonyl (C=O) groups excluding carboxylic acids is 1. The molecule has 158 valence electrons. The highest BCUT2D eigenvalue weighted by Gasteiger charge is 2.24. The molecule has 29 heavy (non-hydrogen) atoms. The van der Waals surface area contributed by atoms with Gasteiger partial charge in [0.15, 0.2) is 0 Å². The second-order valence-electron chi connectivity index (χ2n) is 6.66. The van der Waals surface area contributed by atoms with Crippen molar-refractivity contribution in [1.29, 1.82) is 0 Å². The fourth-order valence-electron chi connectivity index (χ4n) is 2.89. The van der Waals surface area contributed by atoms with Gasteiger partial charge < -0.3 is 5.32 Å². The average molecular weight is 421 g/mol. The van der Waals surface area contributed by atoms with Gasteiger partial charge in [0.1, 0.15) is 5.69 Å². The van der Waals surface area contributed by atoms with E-state index < -0.39 is 15.9 Å². The number of unbranched alkanes of at least 4 members (excludes halogenated alkanes) is 1. The molecule has 8 nitrogen and oxygen atoms in total. The maximum Gasteiger partial charge on any atom is 0.276 e. The van der Waals surface area contributed by atoms with E-state index in [1.54, 1.807) is 32.9 Å². The van der Waals surface area contributed by atoms with Crippen molar-refractivity contribution in [3.8, 4) is 0 Å². The van der Waals surface area contributed by atoms with Crippen LogP contribution >= 0.6 is 0 Å². The molecule has 2 aromatic rings. The summed E-state index contributed by atoms with van der Waals surface area (Å²) >= 11 is 0. The van der Waals surface area contributed by atoms with Crippen molar-refractivity contribution < 1.29 is 13.2 Å². The molecule has 0 atom stereocenters. The molecule has 0 radical (unpaired) electrons. The molecule has 1 N–H and O–H groups in total. The third kappa shape index (κ3) is 5.30. The van der Waals surface area contributed by atoms with E-state index in [9.17, 15) is 18.0 Å². The second kappa shape index (κ2) is 9.80. The summed E-state index contributed by atoms with van der Waals surface area (Å²) in [7, 11) is -3.66. The first-order chi connectivity index (χ1) is 13.7. The Labute approximate surface area is 171 Å². The molecule has 0 aliphatic heterocycles. The minimum absolute atomic E-state index is 0.0921. The molecule has 2 rings (SSSR count). The zero-order valence-corrected chi connectivity index (χ0v) is 18.1. The van der Waals surface area contributed by atoms with E-state index in [0.29, 0.717) is 30.9 Å². The third-order valence-electron chi connectivity index (χ3n) is 4.59. The number of amides is 1. The van der Waals surface area contributed by atoms with Crippen LogP contribution < -0.4 is 10.9 Å². The molecule has 1 aromatic carbocycles. The monoisotopic (exact) mass is 420 g/mol. The van der Waals surface area contributed by atoms with Crippen LogP contribution in [0.4, 0.5) is 5.69 Å². The molecule has 0 bridgehead atoms. The van der Waals surface area contributed by atoms with E-state index in [-0.39, 0.29) is 16.1 Å². The second-order valence-corrected chi connectivity index (χ2v) is 8.56. The van der Waals surface area contributed by atoms with E-state index in [1.165, 1.54) is 27.2 Å². The molecule has 0 unspecified atom stereocenters. The van der Waals surface area contributed by atoms with Crippen molar-refractivity contribution in [3.05, 3.63) is 51.9 Å². The smallest absolute Gasteiger partial charge is 0.276 e. The van der Waals surface area contributed by atoms with Crippen LogP contribution in [0.25, 0.3) is 0 Å². The first-order valence-electron chi connectivity index (χ1n) is 9.74. The highest BCUT2D eigenvalue weighted by atomic mass is 32.2. The summed E-state index contributed by atoms with van der Waals surface area (Å²) in [6.45, 7) is 8.43. The molecule has 0 aliphatic carbocycles. The standard InChI is InChI=1S/C20H28N4O4S/c1-5-8-13-24-19(25)12-11-17(22-24)20(26)21-16-10-9-15(4)18(14-16)29(27,28)23(6-2)7-3/h9-12,14H,5-8,13H2,1-4H3,(H,21,26). The SMILES string of the molecule is CCCCn1nc(C(=O)Nc2ccc(C)c(S(=O)(=O)N(CC)CC)c2)ccc1=O. The van der Waals surface area contributed by atoms with E-state index in [2.05, 4.69) is 10.4 Å².